The summed E-state index contributed by atoms with van der Waals surface area (Å²) in [6.45, 7) is 4.38. The van der Waals surface area contributed by atoms with Crippen molar-refractivity contribution in [2.24, 2.45) is 0 Å². The molecular formula is C18H20N4O3. The Hall–Kier alpha value is -3.09. The molecule has 0 aliphatic rings. The van der Waals surface area contributed by atoms with E-state index in [0.717, 1.165) is 5.56 Å². The molecule has 0 spiro atoms. The molecule has 25 heavy (non-hydrogen) atoms. The van der Waals surface area contributed by atoms with Crippen molar-refractivity contribution in [2.45, 2.75) is 32.7 Å². The van der Waals surface area contributed by atoms with E-state index >= 15 is 0 Å². The summed E-state index contributed by atoms with van der Waals surface area (Å²) >= 11 is 0. The zero-order valence-electron chi connectivity index (χ0n) is 14.2. The first kappa shape index (κ1) is 16.8. The maximum atomic E-state index is 11.9. The van der Waals surface area contributed by atoms with Gasteiger partial charge in [-0.25, -0.2) is 4.79 Å². The average molecular weight is 340 g/mol. The monoisotopic (exact) mass is 340 g/mol. The Morgan fingerprint density at radius 3 is 2.64 bits per heavy atom. The van der Waals surface area contributed by atoms with Gasteiger partial charge in [0.05, 0.1) is 19.2 Å². The second-order valence-electron chi connectivity index (χ2n) is 5.96. The number of carbonyl (C=O) groups is 1. The van der Waals surface area contributed by atoms with E-state index in [-0.39, 0.29) is 11.9 Å². The normalized spacial score (nSPS) is 10.8. The molecule has 0 unspecified atom stereocenters. The Balaban J connectivity index is 1.51. The summed E-state index contributed by atoms with van der Waals surface area (Å²) in [6.07, 6.45) is 2.13. The van der Waals surface area contributed by atoms with Crippen molar-refractivity contribution >= 4 is 11.7 Å². The lowest BCUT2D eigenvalue weighted by atomic mass is 10.1. The molecule has 0 radical (unpaired) electrons. The first-order valence-electron chi connectivity index (χ1n) is 8.09. The Labute approximate surface area is 145 Å². The van der Waals surface area contributed by atoms with E-state index in [1.807, 2.05) is 38.1 Å². The van der Waals surface area contributed by atoms with Gasteiger partial charge in [-0.2, -0.15) is 4.98 Å². The number of anilines is 1. The van der Waals surface area contributed by atoms with Crippen LogP contribution < -0.4 is 10.6 Å². The fourth-order valence-electron chi connectivity index (χ4n) is 2.21. The molecule has 0 saturated heterocycles. The molecule has 0 fully saturated rings. The number of hydrogen-bond acceptors (Lipinski definition) is 5. The largest absolute Gasteiger partial charge is 0.467 e. The molecule has 2 heterocycles. The zero-order chi connectivity index (χ0) is 17.6. The first-order chi connectivity index (χ1) is 12.1. The molecular weight excluding hydrogens is 320 g/mol. The standard InChI is InChI=1S/C18H20N4O3/c1-12(2)17-21-16(25-22-17)10-13-5-7-14(8-6-13)20-18(23)19-11-15-4-3-9-24-15/h3-9,12H,10-11H2,1-2H3,(H2,19,20,23). The molecule has 2 N–H and O–H groups in total. The number of nitrogens with one attached hydrogen (secondary N) is 2. The van der Waals surface area contributed by atoms with Crippen LogP contribution in [-0.4, -0.2) is 16.2 Å². The molecule has 2 aromatic heterocycles. The Bertz CT molecular complexity index is 807. The van der Waals surface area contributed by atoms with Crippen molar-refractivity contribution in [3.8, 4) is 0 Å². The lowest BCUT2D eigenvalue weighted by Gasteiger charge is -2.07. The third kappa shape index (κ3) is 4.69. The van der Waals surface area contributed by atoms with Crippen molar-refractivity contribution in [3.63, 3.8) is 0 Å². The molecule has 0 atom stereocenters. The topological polar surface area (TPSA) is 93.2 Å². The van der Waals surface area contributed by atoms with Crippen LogP contribution in [0.1, 0.15) is 42.8 Å². The van der Waals surface area contributed by atoms with Crippen LogP contribution in [0.25, 0.3) is 0 Å². The van der Waals surface area contributed by atoms with Crippen LogP contribution in [0, 0.1) is 0 Å². The highest BCUT2D eigenvalue weighted by atomic mass is 16.5. The highest BCUT2D eigenvalue weighted by molar-refractivity contribution is 5.89. The average Bonchev–Trinajstić information content (AvgIpc) is 3.26. The Morgan fingerprint density at radius 2 is 2.00 bits per heavy atom. The summed E-state index contributed by atoms with van der Waals surface area (Å²) in [5.41, 5.74) is 1.73. The minimum absolute atomic E-state index is 0.240. The van der Waals surface area contributed by atoms with Crippen molar-refractivity contribution in [1.29, 1.82) is 0 Å². The van der Waals surface area contributed by atoms with Gasteiger partial charge in [0.15, 0.2) is 5.82 Å². The minimum Gasteiger partial charge on any atom is -0.467 e. The van der Waals surface area contributed by atoms with Crippen LogP contribution in [0.2, 0.25) is 0 Å². The summed E-state index contributed by atoms with van der Waals surface area (Å²) in [6, 6.07) is 10.8. The predicted molar refractivity (Wildman–Crippen MR) is 92.2 cm³/mol. The Kier molecular flexibility index (Phi) is 5.13. The third-order valence-corrected chi connectivity index (χ3v) is 3.57. The smallest absolute Gasteiger partial charge is 0.319 e. The van der Waals surface area contributed by atoms with Crippen LogP contribution in [0.4, 0.5) is 10.5 Å². The molecule has 7 heteroatoms. The van der Waals surface area contributed by atoms with E-state index in [2.05, 4.69) is 20.8 Å². The van der Waals surface area contributed by atoms with Gasteiger partial charge in [0, 0.05) is 11.6 Å². The fraction of sp³-hybridized carbons (Fsp3) is 0.278. The molecule has 130 valence electrons. The summed E-state index contributed by atoms with van der Waals surface area (Å²) in [4.78, 5) is 16.2. The van der Waals surface area contributed by atoms with E-state index in [9.17, 15) is 4.79 Å². The summed E-state index contributed by atoms with van der Waals surface area (Å²) < 4.78 is 10.4. The highest BCUT2D eigenvalue weighted by Crippen LogP contribution is 2.15. The van der Waals surface area contributed by atoms with Gasteiger partial charge in [0.25, 0.3) is 0 Å². The van der Waals surface area contributed by atoms with Gasteiger partial charge >= 0.3 is 6.03 Å². The maximum absolute atomic E-state index is 11.9. The van der Waals surface area contributed by atoms with Gasteiger partial charge < -0.3 is 19.6 Å². The molecule has 3 aromatic rings. The molecule has 0 aliphatic heterocycles. The van der Waals surface area contributed by atoms with Gasteiger partial charge in [-0.3, -0.25) is 0 Å². The van der Waals surface area contributed by atoms with E-state index in [1.54, 1.807) is 18.4 Å². The molecule has 0 aliphatic carbocycles. The summed E-state index contributed by atoms with van der Waals surface area (Å²) in [5.74, 6) is 2.23. The number of hydrogen-bond donors (Lipinski definition) is 2. The number of benzene rings is 1. The van der Waals surface area contributed by atoms with Crippen molar-refractivity contribution in [2.75, 3.05) is 5.32 Å². The van der Waals surface area contributed by atoms with Gasteiger partial charge in [0.2, 0.25) is 5.89 Å². The number of rotatable bonds is 6. The van der Waals surface area contributed by atoms with Crippen molar-refractivity contribution in [1.82, 2.24) is 15.5 Å². The quantitative estimate of drug-likeness (QED) is 0.713. The van der Waals surface area contributed by atoms with Crippen LogP contribution >= 0.6 is 0 Å². The van der Waals surface area contributed by atoms with Gasteiger partial charge in [-0.15, -0.1) is 0 Å². The maximum Gasteiger partial charge on any atom is 0.319 e. The van der Waals surface area contributed by atoms with E-state index < -0.39 is 0 Å². The third-order valence-electron chi connectivity index (χ3n) is 3.57. The van der Waals surface area contributed by atoms with Gasteiger partial charge in [0.1, 0.15) is 5.76 Å². The van der Waals surface area contributed by atoms with E-state index in [0.29, 0.717) is 36.1 Å². The second-order valence-corrected chi connectivity index (χ2v) is 5.96. The molecule has 3 rings (SSSR count). The van der Waals surface area contributed by atoms with Crippen LogP contribution in [-0.2, 0) is 13.0 Å². The van der Waals surface area contributed by atoms with Crippen molar-refractivity contribution < 1.29 is 13.7 Å². The number of furan rings is 1. The zero-order valence-corrected chi connectivity index (χ0v) is 14.2. The number of nitrogens with zero attached hydrogens (tertiary/aromatic N) is 2. The SMILES string of the molecule is CC(C)c1noc(Cc2ccc(NC(=O)NCc3ccco3)cc2)n1. The molecule has 2 amide bonds. The number of aromatic nitrogens is 2. The molecule has 0 saturated carbocycles. The molecule has 0 bridgehead atoms. The highest BCUT2D eigenvalue weighted by Gasteiger charge is 2.10. The van der Waals surface area contributed by atoms with E-state index in [1.165, 1.54) is 0 Å². The van der Waals surface area contributed by atoms with Crippen LogP contribution in [0.5, 0.6) is 0 Å². The second kappa shape index (κ2) is 7.65. The van der Waals surface area contributed by atoms with Crippen LogP contribution in [0.3, 0.4) is 0 Å². The summed E-state index contributed by atoms with van der Waals surface area (Å²) in [5, 5.41) is 9.45. The van der Waals surface area contributed by atoms with Crippen LogP contribution in [0.15, 0.2) is 51.6 Å². The van der Waals surface area contributed by atoms with Gasteiger partial charge in [-0.05, 0) is 29.8 Å². The van der Waals surface area contributed by atoms with Gasteiger partial charge in [-0.1, -0.05) is 31.1 Å². The number of urea groups is 1. The summed E-state index contributed by atoms with van der Waals surface area (Å²) in [7, 11) is 0. The molecule has 1 aromatic carbocycles. The lowest BCUT2D eigenvalue weighted by Crippen LogP contribution is -2.27. The van der Waals surface area contributed by atoms with E-state index in [4.69, 9.17) is 8.94 Å². The lowest BCUT2D eigenvalue weighted by molar-refractivity contribution is 0.251. The van der Waals surface area contributed by atoms with Crippen molar-refractivity contribution in [3.05, 3.63) is 65.7 Å². The number of amides is 2. The molecule has 7 nitrogen and oxygen atoms in total. The minimum atomic E-state index is -0.289. The predicted octanol–water partition coefficient (Wildman–Crippen LogP) is 3.70. The first-order valence-corrected chi connectivity index (χ1v) is 8.09. The Morgan fingerprint density at radius 1 is 1.20 bits per heavy atom. The number of carbonyl (C=O) groups excluding carboxylic acids is 1. The fourth-order valence-corrected chi connectivity index (χ4v) is 2.21.